The van der Waals surface area contributed by atoms with E-state index in [1.807, 2.05) is 0 Å². The Hall–Kier alpha value is -0.520. The van der Waals surface area contributed by atoms with E-state index in [2.05, 4.69) is 45.9 Å². The van der Waals surface area contributed by atoms with Crippen molar-refractivity contribution in [2.24, 2.45) is 5.92 Å². The first-order valence-corrected chi connectivity index (χ1v) is 8.04. The lowest BCUT2D eigenvalue weighted by molar-refractivity contribution is 0.657. The van der Waals surface area contributed by atoms with Crippen LogP contribution in [0.3, 0.4) is 0 Å². The van der Waals surface area contributed by atoms with E-state index in [4.69, 9.17) is 0 Å². The van der Waals surface area contributed by atoms with Gasteiger partial charge in [-0.25, -0.2) is 0 Å². The maximum Gasteiger partial charge on any atom is -0.0200 e. The van der Waals surface area contributed by atoms with E-state index in [-0.39, 0.29) is 0 Å². The predicted molar refractivity (Wildman–Crippen MR) is 85.0 cm³/mol. The summed E-state index contributed by atoms with van der Waals surface area (Å²) < 4.78 is 0. The van der Waals surface area contributed by atoms with Crippen LogP contribution in [0.4, 0.5) is 0 Å². The maximum absolute atomic E-state index is 2.46. The summed E-state index contributed by atoms with van der Waals surface area (Å²) in [5.74, 6) is 0.717. The molecule has 0 aromatic rings. The van der Waals surface area contributed by atoms with Crippen LogP contribution >= 0.6 is 0 Å². The van der Waals surface area contributed by atoms with Gasteiger partial charge in [0.05, 0.1) is 0 Å². The van der Waals surface area contributed by atoms with Crippen molar-refractivity contribution in [1.82, 2.24) is 0 Å². The van der Waals surface area contributed by atoms with Gasteiger partial charge in [-0.15, -0.1) is 0 Å². The highest BCUT2D eigenvalue weighted by Crippen LogP contribution is 2.16. The summed E-state index contributed by atoms with van der Waals surface area (Å²) in [6.45, 7) is 9.17. The highest BCUT2D eigenvalue weighted by Gasteiger charge is 2.01. The highest BCUT2D eigenvalue weighted by molar-refractivity contribution is 5.04. The van der Waals surface area contributed by atoms with Crippen molar-refractivity contribution in [2.45, 2.75) is 85.5 Å². The molecule has 0 saturated heterocycles. The van der Waals surface area contributed by atoms with Crippen molar-refractivity contribution in [1.29, 1.82) is 0 Å². The molecule has 106 valence electrons. The van der Waals surface area contributed by atoms with E-state index in [0.717, 1.165) is 0 Å². The van der Waals surface area contributed by atoms with Crippen LogP contribution in [-0.2, 0) is 0 Å². The van der Waals surface area contributed by atoms with Crippen molar-refractivity contribution in [3.63, 3.8) is 0 Å². The smallest absolute Gasteiger partial charge is 0.0200 e. The van der Waals surface area contributed by atoms with Crippen molar-refractivity contribution < 1.29 is 0 Å². The molecule has 0 bridgehead atoms. The Morgan fingerprint density at radius 3 is 2.28 bits per heavy atom. The molecule has 1 unspecified atom stereocenters. The standard InChI is InChI=1S/C18H34/c1-5-7-9-11-13-15-17(3)18(4)16-14-12-10-8-6-2/h11,13,16-17H,5-10,12,14-15H2,1-4H3. The molecule has 0 fully saturated rings. The van der Waals surface area contributed by atoms with Crippen LogP contribution in [0, 0.1) is 5.92 Å². The lowest BCUT2D eigenvalue weighted by Gasteiger charge is -2.09. The zero-order valence-electron chi connectivity index (χ0n) is 13.2. The molecule has 0 nitrogen and oxygen atoms in total. The molecule has 0 saturated carbocycles. The first-order valence-electron chi connectivity index (χ1n) is 8.04. The Morgan fingerprint density at radius 2 is 1.61 bits per heavy atom. The third-order valence-corrected chi connectivity index (χ3v) is 3.68. The Labute approximate surface area is 116 Å². The van der Waals surface area contributed by atoms with Crippen molar-refractivity contribution in [2.75, 3.05) is 0 Å². The molecular formula is C18H34. The second kappa shape index (κ2) is 12.9. The molecule has 0 N–H and O–H groups in total. The van der Waals surface area contributed by atoms with Crippen molar-refractivity contribution >= 4 is 0 Å². The average molecular weight is 250 g/mol. The quantitative estimate of drug-likeness (QED) is 0.283. The van der Waals surface area contributed by atoms with Gasteiger partial charge < -0.3 is 0 Å². The van der Waals surface area contributed by atoms with Crippen LogP contribution in [-0.4, -0.2) is 0 Å². The number of unbranched alkanes of at least 4 members (excludes halogenated alkanes) is 6. The fourth-order valence-corrected chi connectivity index (χ4v) is 2.03. The molecule has 18 heavy (non-hydrogen) atoms. The van der Waals surface area contributed by atoms with Crippen LogP contribution in [0.15, 0.2) is 23.8 Å². The van der Waals surface area contributed by atoms with Gasteiger partial charge in [0.1, 0.15) is 0 Å². The largest absolute Gasteiger partial charge is 0.0885 e. The van der Waals surface area contributed by atoms with Crippen molar-refractivity contribution in [3.05, 3.63) is 23.8 Å². The molecule has 0 aromatic heterocycles. The lowest BCUT2D eigenvalue weighted by Crippen LogP contribution is -1.94. The van der Waals surface area contributed by atoms with Gasteiger partial charge >= 0.3 is 0 Å². The Kier molecular flexibility index (Phi) is 12.6. The first kappa shape index (κ1) is 17.5. The summed E-state index contributed by atoms with van der Waals surface area (Å²) in [6.07, 6.45) is 19.0. The van der Waals surface area contributed by atoms with Gasteiger partial charge in [-0.2, -0.15) is 0 Å². The third kappa shape index (κ3) is 10.6. The molecule has 0 heterocycles. The van der Waals surface area contributed by atoms with E-state index >= 15 is 0 Å². The topological polar surface area (TPSA) is 0 Å². The van der Waals surface area contributed by atoms with E-state index in [9.17, 15) is 0 Å². The molecule has 0 rings (SSSR count). The second-order valence-corrected chi connectivity index (χ2v) is 5.55. The Bertz CT molecular complexity index is 222. The van der Waals surface area contributed by atoms with E-state index in [1.54, 1.807) is 5.57 Å². The van der Waals surface area contributed by atoms with Crippen LogP contribution in [0.5, 0.6) is 0 Å². The van der Waals surface area contributed by atoms with Gasteiger partial charge in [-0.1, -0.05) is 76.7 Å². The first-order chi connectivity index (χ1) is 8.72. The number of rotatable bonds is 11. The SMILES string of the molecule is CCCCC=CCC(C)C(C)=CCCCCCC. The normalized spacial score (nSPS) is 14.3. The van der Waals surface area contributed by atoms with Gasteiger partial charge in [0, 0.05) is 0 Å². The third-order valence-electron chi connectivity index (χ3n) is 3.68. The Balaban J connectivity index is 3.69. The Morgan fingerprint density at radius 1 is 0.889 bits per heavy atom. The van der Waals surface area contributed by atoms with Crippen molar-refractivity contribution in [3.8, 4) is 0 Å². The molecule has 0 heteroatoms. The highest BCUT2D eigenvalue weighted by atomic mass is 14.1. The summed E-state index contributed by atoms with van der Waals surface area (Å²) in [5.41, 5.74) is 1.58. The molecular weight excluding hydrogens is 216 g/mol. The van der Waals surface area contributed by atoms with E-state index in [1.165, 1.54) is 57.8 Å². The van der Waals surface area contributed by atoms with Crippen LogP contribution < -0.4 is 0 Å². The predicted octanol–water partition coefficient (Wildman–Crippen LogP) is 6.68. The van der Waals surface area contributed by atoms with E-state index < -0.39 is 0 Å². The number of allylic oxidation sites excluding steroid dienone is 4. The lowest BCUT2D eigenvalue weighted by atomic mass is 9.97. The zero-order chi connectivity index (χ0) is 13.6. The average Bonchev–Trinajstić information content (AvgIpc) is 2.37. The summed E-state index contributed by atoms with van der Waals surface area (Å²) in [6, 6.07) is 0. The molecule has 0 spiro atoms. The van der Waals surface area contributed by atoms with Crippen LogP contribution in [0.1, 0.15) is 85.5 Å². The fourth-order valence-electron chi connectivity index (χ4n) is 2.03. The van der Waals surface area contributed by atoms with Gasteiger partial charge in [0.15, 0.2) is 0 Å². The summed E-state index contributed by atoms with van der Waals surface area (Å²) in [7, 11) is 0. The maximum atomic E-state index is 2.46. The summed E-state index contributed by atoms with van der Waals surface area (Å²) in [4.78, 5) is 0. The minimum Gasteiger partial charge on any atom is -0.0885 e. The molecule has 1 atom stereocenters. The van der Waals surface area contributed by atoms with E-state index in [0.29, 0.717) is 5.92 Å². The molecule has 0 aliphatic carbocycles. The summed E-state index contributed by atoms with van der Waals surface area (Å²) in [5, 5.41) is 0. The minimum atomic E-state index is 0.717. The molecule has 0 aliphatic rings. The monoisotopic (exact) mass is 250 g/mol. The van der Waals surface area contributed by atoms with Gasteiger partial charge in [0.25, 0.3) is 0 Å². The molecule has 0 aliphatic heterocycles. The molecule has 0 amide bonds. The minimum absolute atomic E-state index is 0.717. The van der Waals surface area contributed by atoms with Crippen LogP contribution in [0.25, 0.3) is 0 Å². The zero-order valence-corrected chi connectivity index (χ0v) is 13.2. The number of hydrogen-bond acceptors (Lipinski definition) is 0. The molecule has 0 radical (unpaired) electrons. The summed E-state index contributed by atoms with van der Waals surface area (Å²) >= 11 is 0. The number of hydrogen-bond donors (Lipinski definition) is 0. The second-order valence-electron chi connectivity index (χ2n) is 5.55. The van der Waals surface area contributed by atoms with Gasteiger partial charge in [-0.05, 0) is 38.5 Å². The van der Waals surface area contributed by atoms with Gasteiger partial charge in [-0.3, -0.25) is 0 Å². The van der Waals surface area contributed by atoms with Gasteiger partial charge in [0.2, 0.25) is 0 Å². The molecule has 0 aromatic carbocycles. The van der Waals surface area contributed by atoms with Crippen LogP contribution in [0.2, 0.25) is 0 Å². The fraction of sp³-hybridized carbons (Fsp3) is 0.778.